The van der Waals surface area contributed by atoms with E-state index in [4.69, 9.17) is 10.5 Å². The van der Waals surface area contributed by atoms with E-state index in [1.807, 2.05) is 13.8 Å². The van der Waals surface area contributed by atoms with Gasteiger partial charge in [0.25, 0.3) is 10.0 Å². The third-order valence-electron chi connectivity index (χ3n) is 2.98. The summed E-state index contributed by atoms with van der Waals surface area (Å²) in [5.41, 5.74) is 7.52. The Morgan fingerprint density at radius 3 is 2.38 bits per heavy atom. The van der Waals surface area contributed by atoms with Crippen molar-refractivity contribution >= 4 is 21.4 Å². The predicted molar refractivity (Wildman–Crippen MR) is 84.0 cm³/mol. The van der Waals surface area contributed by atoms with E-state index in [0.717, 1.165) is 5.56 Å². The number of nitrogen functional groups attached to an aromatic ring is 1. The van der Waals surface area contributed by atoms with Crippen LogP contribution >= 0.6 is 0 Å². The molecule has 2 aromatic rings. The quantitative estimate of drug-likeness (QED) is 0.832. The van der Waals surface area contributed by atoms with Crippen molar-refractivity contribution in [3.63, 3.8) is 0 Å². The van der Waals surface area contributed by atoms with Gasteiger partial charge in [-0.05, 0) is 55.8 Å². The first-order valence-electron chi connectivity index (χ1n) is 6.54. The third kappa shape index (κ3) is 3.66. The van der Waals surface area contributed by atoms with Gasteiger partial charge in [-0.15, -0.1) is 0 Å². The molecule has 0 heterocycles. The van der Waals surface area contributed by atoms with Crippen molar-refractivity contribution in [3.8, 4) is 5.75 Å². The Kier molecular flexibility index (Phi) is 4.37. The van der Waals surface area contributed by atoms with Crippen LogP contribution in [-0.4, -0.2) is 15.0 Å². The number of nitrogens with two attached hydrogens (primary N) is 1. The predicted octanol–water partition coefficient (Wildman–Crippen LogP) is 2.78. The van der Waals surface area contributed by atoms with Gasteiger partial charge < -0.3 is 10.5 Å². The molecule has 0 saturated carbocycles. The van der Waals surface area contributed by atoms with Crippen LogP contribution in [0.4, 0.5) is 11.4 Å². The SMILES string of the molecule is CCOc1ccc(NS(=O)(=O)c2ccc(C)c(N)c2)cc1. The Balaban J connectivity index is 2.22. The summed E-state index contributed by atoms with van der Waals surface area (Å²) in [5.74, 6) is 0.694. The van der Waals surface area contributed by atoms with Crippen molar-refractivity contribution in [1.82, 2.24) is 0 Å². The standard InChI is InChI=1S/C15H18N2O3S/c1-3-20-13-7-5-12(6-8-13)17-21(18,19)14-9-4-11(2)15(16)10-14/h4-10,17H,3,16H2,1-2H3. The van der Waals surface area contributed by atoms with Crippen LogP contribution in [-0.2, 0) is 10.0 Å². The van der Waals surface area contributed by atoms with Crippen LogP contribution in [0, 0.1) is 6.92 Å². The molecule has 5 nitrogen and oxygen atoms in total. The molecule has 0 bridgehead atoms. The fourth-order valence-electron chi connectivity index (χ4n) is 1.79. The van der Waals surface area contributed by atoms with Crippen LogP contribution in [0.3, 0.4) is 0 Å². The maximum Gasteiger partial charge on any atom is 0.261 e. The zero-order valence-electron chi connectivity index (χ0n) is 12.0. The lowest BCUT2D eigenvalue weighted by Gasteiger charge is -2.10. The fourth-order valence-corrected chi connectivity index (χ4v) is 2.88. The van der Waals surface area contributed by atoms with Crippen LogP contribution in [0.1, 0.15) is 12.5 Å². The zero-order valence-corrected chi connectivity index (χ0v) is 12.8. The Hall–Kier alpha value is -2.21. The molecule has 21 heavy (non-hydrogen) atoms. The summed E-state index contributed by atoms with van der Waals surface area (Å²) in [6.07, 6.45) is 0. The first-order valence-corrected chi connectivity index (χ1v) is 8.02. The van der Waals surface area contributed by atoms with Gasteiger partial charge in [0.15, 0.2) is 0 Å². The first kappa shape index (κ1) is 15.2. The molecule has 0 saturated heterocycles. The molecule has 2 aromatic carbocycles. The molecule has 0 amide bonds. The Bertz CT molecular complexity index is 725. The minimum Gasteiger partial charge on any atom is -0.494 e. The fraction of sp³-hybridized carbons (Fsp3) is 0.200. The van der Waals surface area contributed by atoms with Gasteiger partial charge in [0.05, 0.1) is 11.5 Å². The third-order valence-corrected chi connectivity index (χ3v) is 4.36. The van der Waals surface area contributed by atoms with Crippen LogP contribution in [0.5, 0.6) is 5.75 Å². The number of rotatable bonds is 5. The van der Waals surface area contributed by atoms with E-state index >= 15 is 0 Å². The number of anilines is 2. The summed E-state index contributed by atoms with van der Waals surface area (Å²) in [5, 5.41) is 0. The van der Waals surface area contributed by atoms with Gasteiger partial charge in [0.1, 0.15) is 5.75 Å². The minimum absolute atomic E-state index is 0.138. The maximum atomic E-state index is 12.3. The van der Waals surface area contributed by atoms with E-state index in [9.17, 15) is 8.42 Å². The van der Waals surface area contributed by atoms with E-state index < -0.39 is 10.0 Å². The molecule has 0 aliphatic rings. The van der Waals surface area contributed by atoms with Crippen molar-refractivity contribution in [2.45, 2.75) is 18.7 Å². The Labute approximate surface area is 124 Å². The zero-order chi connectivity index (χ0) is 15.5. The smallest absolute Gasteiger partial charge is 0.261 e. The van der Waals surface area contributed by atoms with Gasteiger partial charge in [0.2, 0.25) is 0 Å². The van der Waals surface area contributed by atoms with Crippen LogP contribution < -0.4 is 15.2 Å². The number of ether oxygens (including phenoxy) is 1. The number of sulfonamides is 1. The molecule has 0 radical (unpaired) electrons. The second kappa shape index (κ2) is 6.05. The summed E-state index contributed by atoms with van der Waals surface area (Å²) < 4.78 is 32.4. The molecular weight excluding hydrogens is 288 g/mol. The van der Waals surface area contributed by atoms with Crippen molar-refractivity contribution < 1.29 is 13.2 Å². The van der Waals surface area contributed by atoms with E-state index in [1.54, 1.807) is 30.3 Å². The topological polar surface area (TPSA) is 81.4 Å². The lowest BCUT2D eigenvalue weighted by molar-refractivity contribution is 0.340. The average molecular weight is 306 g/mol. The summed E-state index contributed by atoms with van der Waals surface area (Å²) in [6, 6.07) is 11.4. The highest BCUT2D eigenvalue weighted by Gasteiger charge is 2.15. The largest absolute Gasteiger partial charge is 0.494 e. The monoisotopic (exact) mass is 306 g/mol. The Morgan fingerprint density at radius 2 is 1.81 bits per heavy atom. The van der Waals surface area contributed by atoms with Crippen molar-refractivity contribution in [1.29, 1.82) is 0 Å². The number of nitrogens with one attached hydrogen (secondary N) is 1. The van der Waals surface area contributed by atoms with Crippen molar-refractivity contribution in [2.75, 3.05) is 17.1 Å². The second-order valence-corrected chi connectivity index (χ2v) is 6.26. The highest BCUT2D eigenvalue weighted by Crippen LogP contribution is 2.22. The van der Waals surface area contributed by atoms with Gasteiger partial charge in [-0.1, -0.05) is 6.07 Å². The molecule has 0 aromatic heterocycles. The summed E-state index contributed by atoms with van der Waals surface area (Å²) in [6.45, 7) is 4.28. The van der Waals surface area contributed by atoms with E-state index in [1.165, 1.54) is 12.1 Å². The van der Waals surface area contributed by atoms with Gasteiger partial charge in [-0.25, -0.2) is 8.42 Å². The second-order valence-electron chi connectivity index (χ2n) is 4.58. The van der Waals surface area contributed by atoms with Crippen LogP contribution in [0.25, 0.3) is 0 Å². The molecule has 0 unspecified atom stereocenters. The minimum atomic E-state index is -3.65. The number of aryl methyl sites for hydroxylation is 1. The number of benzene rings is 2. The van der Waals surface area contributed by atoms with E-state index in [2.05, 4.69) is 4.72 Å². The summed E-state index contributed by atoms with van der Waals surface area (Å²) >= 11 is 0. The molecule has 2 rings (SSSR count). The Morgan fingerprint density at radius 1 is 1.14 bits per heavy atom. The van der Waals surface area contributed by atoms with Gasteiger partial charge in [0, 0.05) is 11.4 Å². The molecule has 112 valence electrons. The number of hydrogen-bond donors (Lipinski definition) is 2. The molecule has 6 heteroatoms. The highest BCUT2D eigenvalue weighted by atomic mass is 32.2. The van der Waals surface area contributed by atoms with E-state index in [-0.39, 0.29) is 4.90 Å². The molecule has 0 spiro atoms. The lowest BCUT2D eigenvalue weighted by atomic mass is 10.2. The van der Waals surface area contributed by atoms with Crippen LogP contribution in [0.15, 0.2) is 47.4 Å². The van der Waals surface area contributed by atoms with Crippen LogP contribution in [0.2, 0.25) is 0 Å². The molecule has 3 N–H and O–H groups in total. The first-order chi connectivity index (χ1) is 9.92. The highest BCUT2D eigenvalue weighted by molar-refractivity contribution is 7.92. The van der Waals surface area contributed by atoms with Gasteiger partial charge in [-0.2, -0.15) is 0 Å². The average Bonchev–Trinajstić information content (AvgIpc) is 2.44. The van der Waals surface area contributed by atoms with Crippen molar-refractivity contribution in [3.05, 3.63) is 48.0 Å². The lowest BCUT2D eigenvalue weighted by Crippen LogP contribution is -2.13. The molecule has 0 aliphatic heterocycles. The van der Waals surface area contributed by atoms with Gasteiger partial charge >= 0.3 is 0 Å². The van der Waals surface area contributed by atoms with Gasteiger partial charge in [-0.3, -0.25) is 4.72 Å². The molecule has 0 atom stereocenters. The van der Waals surface area contributed by atoms with Crippen molar-refractivity contribution in [2.24, 2.45) is 0 Å². The van der Waals surface area contributed by atoms with E-state index in [0.29, 0.717) is 23.7 Å². The molecule has 0 fully saturated rings. The molecular formula is C15H18N2O3S. The maximum absolute atomic E-state index is 12.3. The normalized spacial score (nSPS) is 11.1. The summed E-state index contributed by atoms with van der Waals surface area (Å²) in [4.78, 5) is 0.138. The molecule has 0 aliphatic carbocycles. The number of hydrogen-bond acceptors (Lipinski definition) is 4. The summed E-state index contributed by atoms with van der Waals surface area (Å²) in [7, 11) is -3.65.